The lowest BCUT2D eigenvalue weighted by Gasteiger charge is -2.12. The number of esters is 2. The Kier molecular flexibility index (Phi) is 8.55. The Labute approximate surface area is 228 Å². The molecule has 0 aliphatic heterocycles. The second-order valence-electron chi connectivity index (χ2n) is 6.01. The summed E-state index contributed by atoms with van der Waals surface area (Å²) in [5.41, 5.74) is 1.57. The predicted molar refractivity (Wildman–Crippen MR) is 150 cm³/mol. The van der Waals surface area contributed by atoms with E-state index in [0.29, 0.717) is 11.1 Å². The Morgan fingerprint density at radius 1 is 0.667 bits per heavy atom. The Morgan fingerprint density at radius 3 is 1.53 bits per heavy atom. The van der Waals surface area contributed by atoms with E-state index in [2.05, 4.69) is 96.9 Å². The summed E-state index contributed by atoms with van der Waals surface area (Å²) in [6.07, 6.45) is 1.62. The van der Waals surface area contributed by atoms with Gasteiger partial charge in [-0.25, -0.2) is 9.59 Å². The lowest BCUT2D eigenvalue weighted by molar-refractivity contribution is 0.0682. The average Bonchev–Trinajstić information content (AvgIpc) is 2.67. The van der Waals surface area contributed by atoms with Crippen LogP contribution in [0, 0.1) is 14.3 Å². The first-order valence-corrected chi connectivity index (χ1v) is 12.7. The lowest BCUT2D eigenvalue weighted by atomic mass is 10.2. The van der Waals surface area contributed by atoms with Crippen molar-refractivity contribution in [1.82, 2.24) is 0 Å². The van der Waals surface area contributed by atoms with Crippen LogP contribution >= 0.6 is 90.4 Å². The maximum Gasteiger partial charge on any atom is 0.343 e. The first-order valence-electron chi connectivity index (χ1n) is 8.38. The fourth-order valence-electron chi connectivity index (χ4n) is 2.48. The van der Waals surface area contributed by atoms with Crippen LogP contribution in [0.3, 0.4) is 0 Å². The molecular formula is C22H12I4O4. The van der Waals surface area contributed by atoms with Gasteiger partial charge in [-0.3, -0.25) is 0 Å². The van der Waals surface area contributed by atoms with Crippen LogP contribution in [-0.2, 0) is 0 Å². The number of carbonyl (C=O) groups excluding carboxylic acids is 2. The van der Waals surface area contributed by atoms with Crippen molar-refractivity contribution in [3.05, 3.63) is 92.1 Å². The summed E-state index contributed by atoms with van der Waals surface area (Å²) in [7, 11) is 0. The molecule has 0 bridgehead atoms. The van der Waals surface area contributed by atoms with E-state index in [9.17, 15) is 9.59 Å². The normalized spacial score (nSPS) is 10.4. The second kappa shape index (κ2) is 10.7. The average molecular weight is 848 g/mol. The van der Waals surface area contributed by atoms with E-state index in [0.717, 1.165) is 19.8 Å². The summed E-state index contributed by atoms with van der Waals surface area (Å²) in [5, 5.41) is 0. The summed E-state index contributed by atoms with van der Waals surface area (Å²) < 4.78 is 14.9. The minimum atomic E-state index is -0.534. The van der Waals surface area contributed by atoms with Gasteiger partial charge in [-0.05, 0) is 144 Å². The molecule has 0 amide bonds. The molecule has 0 aliphatic carbocycles. The van der Waals surface area contributed by atoms with Gasteiger partial charge in [0.2, 0.25) is 0 Å². The fourth-order valence-corrected chi connectivity index (χ4v) is 6.35. The molecule has 0 radical (unpaired) electrons. The molecule has 0 aliphatic rings. The molecule has 3 rings (SSSR count). The minimum Gasteiger partial charge on any atom is -0.419 e. The molecular weight excluding hydrogens is 836 g/mol. The number of hydrogen-bond donors (Lipinski definition) is 0. The summed E-state index contributed by atoms with van der Waals surface area (Å²) in [6.45, 7) is 3.74. The van der Waals surface area contributed by atoms with Crippen LogP contribution in [0.25, 0.3) is 6.08 Å². The molecule has 3 aromatic carbocycles. The lowest BCUT2D eigenvalue weighted by Crippen LogP contribution is -2.13. The van der Waals surface area contributed by atoms with Crippen molar-refractivity contribution in [2.24, 2.45) is 0 Å². The molecule has 0 unspecified atom stereocenters. The molecule has 152 valence electrons. The molecule has 0 N–H and O–H groups in total. The van der Waals surface area contributed by atoms with Crippen LogP contribution in [0.15, 0.2) is 61.2 Å². The van der Waals surface area contributed by atoms with Crippen LogP contribution < -0.4 is 9.47 Å². The Bertz CT molecular complexity index is 1120. The maximum absolute atomic E-state index is 12.7. The molecule has 30 heavy (non-hydrogen) atoms. The van der Waals surface area contributed by atoms with Gasteiger partial charge in [0.05, 0.1) is 11.1 Å². The first kappa shape index (κ1) is 23.9. The highest BCUT2D eigenvalue weighted by atomic mass is 127. The Hall–Kier alpha value is -0.740. The Balaban J connectivity index is 1.91. The van der Waals surface area contributed by atoms with E-state index in [1.165, 1.54) is 0 Å². The van der Waals surface area contributed by atoms with Crippen molar-refractivity contribution in [2.45, 2.75) is 0 Å². The molecule has 0 saturated carbocycles. The van der Waals surface area contributed by atoms with E-state index >= 15 is 0 Å². The van der Waals surface area contributed by atoms with Crippen LogP contribution in [-0.4, -0.2) is 11.9 Å². The standard InChI is InChI=1S/C22H12I4O4/c1-2-12-3-4-19(29-21(27)13-6-15(23)10-16(24)7-13)20(5-12)30-22(28)14-8-17(25)11-18(26)9-14/h2-11H,1H2. The summed E-state index contributed by atoms with van der Waals surface area (Å²) in [6, 6.07) is 15.8. The van der Waals surface area contributed by atoms with Crippen molar-refractivity contribution in [3.8, 4) is 11.5 Å². The van der Waals surface area contributed by atoms with E-state index in [1.807, 2.05) is 12.1 Å². The van der Waals surface area contributed by atoms with Gasteiger partial charge in [-0.15, -0.1) is 0 Å². The number of ether oxygens (including phenoxy) is 2. The number of halogens is 4. The summed E-state index contributed by atoms with van der Waals surface area (Å²) >= 11 is 8.58. The van der Waals surface area contributed by atoms with Gasteiger partial charge in [-0.1, -0.05) is 18.7 Å². The van der Waals surface area contributed by atoms with Crippen molar-refractivity contribution in [3.63, 3.8) is 0 Å². The SMILES string of the molecule is C=Cc1ccc(OC(=O)c2cc(I)cc(I)c2)c(OC(=O)c2cc(I)cc(I)c2)c1. The molecule has 0 spiro atoms. The smallest absolute Gasteiger partial charge is 0.343 e. The van der Waals surface area contributed by atoms with Gasteiger partial charge in [-0.2, -0.15) is 0 Å². The van der Waals surface area contributed by atoms with Gasteiger partial charge in [0.1, 0.15) is 0 Å². The maximum atomic E-state index is 12.7. The van der Waals surface area contributed by atoms with Gasteiger partial charge in [0.15, 0.2) is 11.5 Å². The van der Waals surface area contributed by atoms with E-state index in [1.54, 1.807) is 48.5 Å². The highest BCUT2D eigenvalue weighted by molar-refractivity contribution is 14.1. The highest BCUT2D eigenvalue weighted by Crippen LogP contribution is 2.31. The number of carbonyl (C=O) groups is 2. The molecule has 3 aromatic rings. The quantitative estimate of drug-likeness (QED) is 0.155. The van der Waals surface area contributed by atoms with Crippen molar-refractivity contribution < 1.29 is 19.1 Å². The zero-order valence-electron chi connectivity index (χ0n) is 15.1. The zero-order chi connectivity index (χ0) is 21.8. The third-order valence-corrected chi connectivity index (χ3v) is 6.30. The van der Waals surface area contributed by atoms with Crippen LogP contribution in [0.2, 0.25) is 0 Å². The third kappa shape index (κ3) is 6.38. The molecule has 0 fully saturated rings. The van der Waals surface area contributed by atoms with Crippen LogP contribution in [0.1, 0.15) is 26.3 Å². The summed E-state index contributed by atoms with van der Waals surface area (Å²) in [4.78, 5) is 25.4. The molecule has 0 saturated heterocycles. The summed E-state index contributed by atoms with van der Waals surface area (Å²) in [5.74, 6) is -0.749. The largest absolute Gasteiger partial charge is 0.419 e. The molecule has 0 atom stereocenters. The first-order chi connectivity index (χ1) is 14.2. The van der Waals surface area contributed by atoms with Gasteiger partial charge in [0.25, 0.3) is 0 Å². The van der Waals surface area contributed by atoms with E-state index in [4.69, 9.17) is 9.47 Å². The van der Waals surface area contributed by atoms with Crippen molar-refractivity contribution in [1.29, 1.82) is 0 Å². The molecule has 4 nitrogen and oxygen atoms in total. The van der Waals surface area contributed by atoms with Crippen LogP contribution in [0.4, 0.5) is 0 Å². The van der Waals surface area contributed by atoms with E-state index in [-0.39, 0.29) is 11.5 Å². The van der Waals surface area contributed by atoms with Crippen LogP contribution in [0.5, 0.6) is 11.5 Å². The van der Waals surface area contributed by atoms with Gasteiger partial charge in [0, 0.05) is 14.3 Å². The fraction of sp³-hybridized carbons (Fsp3) is 0. The highest BCUT2D eigenvalue weighted by Gasteiger charge is 2.18. The third-order valence-electron chi connectivity index (χ3n) is 3.81. The number of rotatable bonds is 5. The minimum absolute atomic E-state index is 0.153. The molecule has 0 aromatic heterocycles. The monoisotopic (exact) mass is 848 g/mol. The number of hydrogen-bond acceptors (Lipinski definition) is 4. The Morgan fingerprint density at radius 2 is 1.10 bits per heavy atom. The molecule has 8 heteroatoms. The second-order valence-corrected chi connectivity index (χ2v) is 11.0. The zero-order valence-corrected chi connectivity index (χ0v) is 23.8. The number of benzene rings is 3. The van der Waals surface area contributed by atoms with Crippen molar-refractivity contribution >= 4 is 108 Å². The van der Waals surface area contributed by atoms with Gasteiger partial charge >= 0.3 is 11.9 Å². The predicted octanol–water partition coefficient (Wildman–Crippen LogP) is 7.19. The van der Waals surface area contributed by atoms with Crippen molar-refractivity contribution in [2.75, 3.05) is 0 Å². The van der Waals surface area contributed by atoms with E-state index < -0.39 is 11.9 Å². The molecule has 0 heterocycles. The van der Waals surface area contributed by atoms with Gasteiger partial charge < -0.3 is 9.47 Å². The topological polar surface area (TPSA) is 52.6 Å².